The van der Waals surface area contributed by atoms with Gasteiger partial charge in [0.2, 0.25) is 0 Å². The number of hydrogen-bond donors (Lipinski definition) is 2. The van der Waals surface area contributed by atoms with Crippen molar-refractivity contribution < 1.29 is 0 Å². The third-order valence-electron chi connectivity index (χ3n) is 5.27. The fourth-order valence-electron chi connectivity index (χ4n) is 3.73. The highest BCUT2D eigenvalue weighted by Crippen LogP contribution is 2.34. The first-order chi connectivity index (χ1) is 13.8. The first kappa shape index (κ1) is 24.5. The van der Waals surface area contributed by atoms with Crippen molar-refractivity contribution in [3.8, 4) is 0 Å². The van der Waals surface area contributed by atoms with Crippen LogP contribution >= 0.6 is 36.4 Å². The van der Waals surface area contributed by atoms with Crippen LogP contribution in [0.5, 0.6) is 0 Å². The van der Waals surface area contributed by atoms with Crippen LogP contribution in [0.15, 0.2) is 60.7 Å². The molecule has 0 bridgehead atoms. The van der Waals surface area contributed by atoms with Crippen molar-refractivity contribution in [2.45, 2.75) is 25.8 Å². The van der Waals surface area contributed by atoms with Crippen molar-refractivity contribution in [1.82, 2.24) is 10.3 Å². The molecular weight excluding hydrogens is 437 g/mol. The molecule has 4 aromatic rings. The Morgan fingerprint density at radius 2 is 1.60 bits per heavy atom. The molecule has 0 aliphatic heterocycles. The molecule has 0 fully saturated rings. The van der Waals surface area contributed by atoms with E-state index >= 15 is 0 Å². The first-order valence-corrected chi connectivity index (χ1v) is 10.5. The molecule has 0 aliphatic rings. The number of nitrogens with zero attached hydrogens (tertiary/aromatic N) is 1. The Hall–Kier alpha value is -1.78. The van der Waals surface area contributed by atoms with Crippen molar-refractivity contribution in [2.75, 3.05) is 24.3 Å². The minimum Gasteiger partial charge on any atom is -0.384 e. The Morgan fingerprint density at radius 3 is 2.40 bits per heavy atom. The minimum atomic E-state index is 0. The second kappa shape index (κ2) is 11.6. The summed E-state index contributed by atoms with van der Waals surface area (Å²) < 4.78 is 0. The van der Waals surface area contributed by atoms with Gasteiger partial charge in [0.15, 0.2) is 0 Å². The lowest BCUT2D eigenvalue weighted by atomic mass is 10.0. The average molecular weight is 465 g/mol. The number of benzene rings is 3. The first-order valence-electron chi connectivity index (χ1n) is 10.0. The maximum atomic E-state index is 5.81. The molecule has 4 rings (SSSR count). The van der Waals surface area contributed by atoms with Crippen molar-refractivity contribution in [3.63, 3.8) is 0 Å². The lowest BCUT2D eigenvalue weighted by Crippen LogP contribution is -2.28. The van der Waals surface area contributed by atoms with Crippen molar-refractivity contribution >= 4 is 74.7 Å². The summed E-state index contributed by atoms with van der Waals surface area (Å²) in [6, 6.07) is 21.7. The molecule has 160 valence electrons. The zero-order valence-electron chi connectivity index (χ0n) is 17.0. The zero-order valence-corrected chi connectivity index (χ0v) is 19.4. The fraction of sp³-hybridized carbons (Fsp3) is 0.292. The molecule has 0 spiro atoms. The highest BCUT2D eigenvalue weighted by Gasteiger charge is 2.11. The largest absolute Gasteiger partial charge is 0.384 e. The predicted octanol–water partition coefficient (Wildman–Crippen LogP) is 6.79. The van der Waals surface area contributed by atoms with Crippen LogP contribution in [-0.2, 0) is 0 Å². The van der Waals surface area contributed by atoms with Crippen molar-refractivity contribution in [1.29, 1.82) is 0 Å². The Kier molecular flexibility index (Phi) is 9.44. The van der Waals surface area contributed by atoms with E-state index in [2.05, 4.69) is 78.2 Å². The lowest BCUT2D eigenvalue weighted by Gasteiger charge is -2.16. The number of alkyl halides is 1. The van der Waals surface area contributed by atoms with E-state index in [9.17, 15) is 0 Å². The maximum Gasteiger partial charge on any atom is 0.0808 e. The number of pyridine rings is 1. The number of nitrogens with one attached hydrogen (secondary N) is 2. The van der Waals surface area contributed by atoms with Crippen LogP contribution in [0.25, 0.3) is 32.6 Å². The molecule has 6 heteroatoms. The highest BCUT2D eigenvalue weighted by atomic mass is 35.5. The van der Waals surface area contributed by atoms with Crippen LogP contribution in [0.3, 0.4) is 0 Å². The molecule has 30 heavy (non-hydrogen) atoms. The molecule has 1 aromatic heterocycles. The Bertz CT molecular complexity index is 1100. The lowest BCUT2D eigenvalue weighted by molar-refractivity contribution is 0.531. The summed E-state index contributed by atoms with van der Waals surface area (Å²) in [6.45, 7) is 4.08. The molecular formula is C24H28Cl3N3. The molecule has 1 heterocycles. The van der Waals surface area contributed by atoms with Crippen molar-refractivity contribution in [2.24, 2.45) is 0 Å². The Morgan fingerprint density at radius 1 is 0.867 bits per heavy atom. The topological polar surface area (TPSA) is 37.0 Å². The standard InChI is InChI=1S/C24H26ClN3.2ClH/c1-17(13-14-25)26-15-6-16-27-23-20-9-4-5-10-22(20)28-24-19-8-3-2-7-18(19)11-12-21(23)24;;/h2-5,7-12,17,26H,6,13-16H2,1H3,(H,27,28);2*1H. The van der Waals surface area contributed by atoms with E-state index < -0.39 is 0 Å². The number of rotatable bonds is 8. The van der Waals surface area contributed by atoms with Gasteiger partial charge in [-0.15, -0.1) is 36.4 Å². The van der Waals surface area contributed by atoms with Gasteiger partial charge in [0, 0.05) is 34.6 Å². The number of anilines is 1. The molecule has 0 amide bonds. The van der Waals surface area contributed by atoms with E-state index in [-0.39, 0.29) is 24.8 Å². The van der Waals surface area contributed by atoms with Gasteiger partial charge in [-0.25, -0.2) is 4.98 Å². The molecule has 0 radical (unpaired) electrons. The number of aromatic nitrogens is 1. The zero-order chi connectivity index (χ0) is 19.3. The molecule has 1 atom stereocenters. The third kappa shape index (κ3) is 5.28. The monoisotopic (exact) mass is 463 g/mol. The van der Waals surface area contributed by atoms with Gasteiger partial charge in [0.1, 0.15) is 0 Å². The summed E-state index contributed by atoms with van der Waals surface area (Å²) in [4.78, 5) is 4.99. The van der Waals surface area contributed by atoms with Crippen LogP contribution in [0.2, 0.25) is 0 Å². The van der Waals surface area contributed by atoms with E-state index in [4.69, 9.17) is 16.6 Å². The molecule has 0 saturated carbocycles. The molecule has 3 nitrogen and oxygen atoms in total. The SMILES string of the molecule is CC(CCCl)NCCCNc1c2ccccc2nc2c1ccc1ccccc12.Cl.Cl. The van der Waals surface area contributed by atoms with Gasteiger partial charge in [-0.05, 0) is 37.8 Å². The number of hydrogen-bond acceptors (Lipinski definition) is 3. The number of halogens is 3. The van der Waals surface area contributed by atoms with Gasteiger partial charge in [-0.1, -0.05) is 54.6 Å². The van der Waals surface area contributed by atoms with Crippen LogP contribution in [0.1, 0.15) is 19.8 Å². The van der Waals surface area contributed by atoms with Gasteiger partial charge >= 0.3 is 0 Å². The van der Waals surface area contributed by atoms with E-state index in [1.807, 2.05) is 0 Å². The summed E-state index contributed by atoms with van der Waals surface area (Å²) in [5.74, 6) is 0.704. The molecule has 1 unspecified atom stereocenters. The van der Waals surface area contributed by atoms with Crippen molar-refractivity contribution in [3.05, 3.63) is 60.7 Å². The van der Waals surface area contributed by atoms with E-state index in [1.54, 1.807) is 0 Å². The van der Waals surface area contributed by atoms with E-state index in [1.165, 1.54) is 27.2 Å². The van der Waals surface area contributed by atoms with Gasteiger partial charge in [0.05, 0.1) is 16.7 Å². The highest BCUT2D eigenvalue weighted by molar-refractivity contribution is 6.18. The minimum absolute atomic E-state index is 0. The number of fused-ring (bicyclic) bond motifs is 4. The van der Waals surface area contributed by atoms with Crippen LogP contribution in [0.4, 0.5) is 5.69 Å². The van der Waals surface area contributed by atoms with Gasteiger partial charge in [-0.3, -0.25) is 0 Å². The summed E-state index contributed by atoms with van der Waals surface area (Å²) in [5, 5.41) is 12.0. The summed E-state index contributed by atoms with van der Waals surface area (Å²) in [6.07, 6.45) is 2.06. The van der Waals surface area contributed by atoms with E-state index in [0.717, 1.165) is 37.0 Å². The second-order valence-electron chi connectivity index (χ2n) is 7.30. The van der Waals surface area contributed by atoms with Gasteiger partial charge in [-0.2, -0.15) is 0 Å². The number of para-hydroxylation sites is 1. The van der Waals surface area contributed by atoms with Gasteiger partial charge < -0.3 is 10.6 Å². The maximum absolute atomic E-state index is 5.81. The predicted molar refractivity (Wildman–Crippen MR) is 137 cm³/mol. The molecule has 0 saturated heterocycles. The Labute approximate surface area is 195 Å². The quantitative estimate of drug-likeness (QED) is 0.130. The Balaban J connectivity index is 0.00000160. The smallest absolute Gasteiger partial charge is 0.0808 e. The summed E-state index contributed by atoms with van der Waals surface area (Å²) in [7, 11) is 0. The molecule has 0 aliphatic carbocycles. The second-order valence-corrected chi connectivity index (χ2v) is 7.68. The molecule has 3 aromatic carbocycles. The summed E-state index contributed by atoms with van der Waals surface area (Å²) in [5.41, 5.74) is 3.27. The van der Waals surface area contributed by atoms with E-state index in [0.29, 0.717) is 11.9 Å². The molecule has 2 N–H and O–H groups in total. The van der Waals surface area contributed by atoms with Crippen LogP contribution in [0, 0.1) is 0 Å². The fourth-order valence-corrected chi connectivity index (χ4v) is 4.06. The normalized spacial score (nSPS) is 11.8. The van der Waals surface area contributed by atoms with Crippen LogP contribution in [-0.4, -0.2) is 30.0 Å². The van der Waals surface area contributed by atoms with Crippen LogP contribution < -0.4 is 10.6 Å². The average Bonchev–Trinajstić information content (AvgIpc) is 2.73. The van der Waals surface area contributed by atoms with Gasteiger partial charge in [0.25, 0.3) is 0 Å². The third-order valence-corrected chi connectivity index (χ3v) is 5.48. The summed E-state index contributed by atoms with van der Waals surface area (Å²) >= 11 is 5.81.